The zero-order chi connectivity index (χ0) is 9.84. The SMILES string of the molecule is CCOC(=O)c1n[nH]c(=O)[nH]c1=S. The largest absolute Gasteiger partial charge is 0.461 e. The minimum atomic E-state index is -0.653. The Bertz CT molecular complexity index is 422. The second kappa shape index (κ2) is 3.94. The molecule has 6 nitrogen and oxygen atoms in total. The van der Waals surface area contributed by atoms with Crippen molar-refractivity contribution in [3.8, 4) is 0 Å². The predicted molar refractivity (Wildman–Crippen MR) is 46.0 cm³/mol. The van der Waals surface area contributed by atoms with Crippen LogP contribution in [0, 0.1) is 4.64 Å². The van der Waals surface area contributed by atoms with Crippen molar-refractivity contribution in [2.75, 3.05) is 6.61 Å². The standard InChI is InChI=1S/C6H7N3O3S/c1-2-12-5(10)3-4(13)7-6(11)9-8-3/h2H2,1H3,(H2,7,9,11,13). The first-order chi connectivity index (χ1) is 6.15. The molecule has 0 saturated carbocycles. The van der Waals surface area contributed by atoms with E-state index in [2.05, 4.69) is 19.9 Å². The molecule has 0 aliphatic carbocycles. The average Bonchev–Trinajstić information content (AvgIpc) is 2.04. The average molecular weight is 201 g/mol. The van der Waals surface area contributed by atoms with Crippen LogP contribution in [0.25, 0.3) is 0 Å². The lowest BCUT2D eigenvalue weighted by molar-refractivity contribution is 0.0516. The Balaban J connectivity index is 3.09. The lowest BCUT2D eigenvalue weighted by Crippen LogP contribution is -2.18. The van der Waals surface area contributed by atoms with Crippen LogP contribution in [0.4, 0.5) is 0 Å². The smallest absolute Gasteiger partial charge is 0.361 e. The third kappa shape index (κ3) is 2.22. The van der Waals surface area contributed by atoms with Crippen molar-refractivity contribution in [2.45, 2.75) is 6.92 Å². The third-order valence-corrected chi connectivity index (χ3v) is 1.48. The van der Waals surface area contributed by atoms with Gasteiger partial charge in [-0.05, 0) is 6.92 Å². The molecule has 0 aliphatic rings. The van der Waals surface area contributed by atoms with Crippen molar-refractivity contribution < 1.29 is 9.53 Å². The number of carbonyl (C=O) groups is 1. The van der Waals surface area contributed by atoms with Gasteiger partial charge in [-0.2, -0.15) is 5.10 Å². The fraction of sp³-hybridized carbons (Fsp3) is 0.333. The molecule has 0 radical (unpaired) electrons. The topological polar surface area (TPSA) is 87.8 Å². The molecular weight excluding hydrogens is 194 g/mol. The first kappa shape index (κ1) is 9.59. The van der Waals surface area contributed by atoms with Crippen LogP contribution in [0.3, 0.4) is 0 Å². The number of nitrogens with one attached hydrogen (secondary N) is 2. The molecule has 0 bridgehead atoms. The summed E-state index contributed by atoms with van der Waals surface area (Å²) >= 11 is 4.69. The number of esters is 1. The van der Waals surface area contributed by atoms with Crippen molar-refractivity contribution in [2.24, 2.45) is 0 Å². The monoisotopic (exact) mass is 201 g/mol. The highest BCUT2D eigenvalue weighted by molar-refractivity contribution is 7.71. The van der Waals surface area contributed by atoms with Crippen LogP contribution in [-0.2, 0) is 4.74 Å². The Morgan fingerprint density at radius 2 is 2.38 bits per heavy atom. The van der Waals surface area contributed by atoms with Crippen LogP contribution in [-0.4, -0.2) is 27.8 Å². The second-order valence-electron chi connectivity index (χ2n) is 2.08. The highest BCUT2D eigenvalue weighted by atomic mass is 32.1. The molecule has 0 atom stereocenters. The molecule has 13 heavy (non-hydrogen) atoms. The molecular formula is C6H7N3O3S. The molecule has 1 aromatic heterocycles. The van der Waals surface area contributed by atoms with Crippen LogP contribution in [0.2, 0.25) is 0 Å². The summed E-state index contributed by atoms with van der Waals surface area (Å²) in [7, 11) is 0. The molecule has 1 heterocycles. The third-order valence-electron chi connectivity index (χ3n) is 1.18. The molecule has 7 heteroatoms. The summed E-state index contributed by atoms with van der Waals surface area (Å²) in [5.74, 6) is -0.653. The number of hydrogen-bond donors (Lipinski definition) is 2. The number of H-pyrrole nitrogens is 2. The van der Waals surface area contributed by atoms with Crippen LogP contribution in [0.5, 0.6) is 0 Å². The van der Waals surface area contributed by atoms with E-state index in [1.807, 2.05) is 0 Å². The van der Waals surface area contributed by atoms with Gasteiger partial charge in [0.15, 0.2) is 0 Å². The van der Waals surface area contributed by atoms with Gasteiger partial charge < -0.3 is 4.74 Å². The van der Waals surface area contributed by atoms with Crippen molar-refractivity contribution in [1.82, 2.24) is 15.2 Å². The predicted octanol–water partition coefficient (Wildman–Crippen LogP) is 0.00419. The number of rotatable bonds is 2. The fourth-order valence-corrected chi connectivity index (χ4v) is 0.907. The van der Waals surface area contributed by atoms with Gasteiger partial charge in [0, 0.05) is 0 Å². The summed E-state index contributed by atoms with van der Waals surface area (Å²) < 4.78 is 4.61. The summed E-state index contributed by atoms with van der Waals surface area (Å²) in [4.78, 5) is 23.9. The molecule has 2 N–H and O–H groups in total. The molecule has 0 amide bonds. The van der Waals surface area contributed by atoms with Gasteiger partial charge in [0.2, 0.25) is 5.69 Å². The van der Waals surface area contributed by atoms with Crippen LogP contribution in [0.1, 0.15) is 17.4 Å². The van der Waals surface area contributed by atoms with Gasteiger partial charge in [-0.1, -0.05) is 12.2 Å². The van der Waals surface area contributed by atoms with Crippen LogP contribution < -0.4 is 5.69 Å². The maximum atomic E-state index is 11.1. The molecule has 1 aromatic rings. The minimum absolute atomic E-state index is 0.0257. The lowest BCUT2D eigenvalue weighted by atomic mass is 10.5. The number of aromatic nitrogens is 3. The van der Waals surface area contributed by atoms with Crippen LogP contribution >= 0.6 is 12.2 Å². The highest BCUT2D eigenvalue weighted by Gasteiger charge is 2.10. The lowest BCUT2D eigenvalue weighted by Gasteiger charge is -1.98. The first-order valence-electron chi connectivity index (χ1n) is 3.51. The molecule has 0 aromatic carbocycles. The van der Waals surface area contributed by atoms with E-state index in [9.17, 15) is 9.59 Å². The van der Waals surface area contributed by atoms with Gasteiger partial charge in [0.05, 0.1) is 6.61 Å². The Hall–Kier alpha value is -1.50. The molecule has 0 fully saturated rings. The van der Waals surface area contributed by atoms with Gasteiger partial charge in [-0.25, -0.2) is 14.7 Å². The van der Waals surface area contributed by atoms with Crippen LogP contribution in [0.15, 0.2) is 4.79 Å². The van der Waals surface area contributed by atoms with Crippen molar-refractivity contribution in [1.29, 1.82) is 0 Å². The summed E-state index contributed by atoms with van der Waals surface area (Å²) in [6, 6.07) is 0. The van der Waals surface area contributed by atoms with E-state index in [0.29, 0.717) is 0 Å². The molecule has 0 unspecified atom stereocenters. The van der Waals surface area contributed by atoms with Crippen molar-refractivity contribution >= 4 is 18.2 Å². The van der Waals surface area contributed by atoms with Gasteiger partial charge in [0.1, 0.15) is 4.64 Å². The Morgan fingerprint density at radius 1 is 1.69 bits per heavy atom. The number of aromatic amines is 2. The van der Waals surface area contributed by atoms with E-state index < -0.39 is 11.7 Å². The number of ether oxygens (including phenoxy) is 1. The number of nitrogens with zero attached hydrogens (tertiary/aromatic N) is 1. The van der Waals surface area contributed by atoms with E-state index in [1.54, 1.807) is 6.92 Å². The first-order valence-corrected chi connectivity index (χ1v) is 3.92. The Labute approximate surface area is 77.9 Å². The molecule has 70 valence electrons. The van der Waals surface area contributed by atoms with Crippen molar-refractivity contribution in [3.05, 3.63) is 20.8 Å². The van der Waals surface area contributed by atoms with Gasteiger partial charge in [-0.3, -0.25) is 4.98 Å². The summed E-state index contributed by atoms with van der Waals surface area (Å²) in [6.45, 7) is 1.89. The van der Waals surface area contributed by atoms with Gasteiger partial charge in [-0.15, -0.1) is 0 Å². The molecule has 1 rings (SSSR count). The molecule has 0 saturated heterocycles. The van der Waals surface area contributed by atoms with Crippen molar-refractivity contribution in [3.63, 3.8) is 0 Å². The zero-order valence-corrected chi connectivity index (χ0v) is 7.60. The second-order valence-corrected chi connectivity index (χ2v) is 2.48. The maximum Gasteiger partial charge on any atom is 0.361 e. The van der Waals surface area contributed by atoms with E-state index in [0.717, 1.165) is 0 Å². The van der Waals surface area contributed by atoms with E-state index >= 15 is 0 Å². The summed E-state index contributed by atoms with van der Waals surface area (Å²) in [5.41, 5.74) is -0.644. The maximum absolute atomic E-state index is 11.1. The number of hydrogen-bond acceptors (Lipinski definition) is 5. The summed E-state index contributed by atoms with van der Waals surface area (Å²) in [5, 5.41) is 5.50. The Kier molecular flexibility index (Phi) is 2.91. The van der Waals surface area contributed by atoms with E-state index in [1.165, 1.54) is 0 Å². The number of carbonyl (C=O) groups excluding carboxylic acids is 1. The normalized spacial score (nSPS) is 9.62. The zero-order valence-electron chi connectivity index (χ0n) is 6.79. The highest BCUT2D eigenvalue weighted by Crippen LogP contribution is 1.94. The fourth-order valence-electron chi connectivity index (χ4n) is 0.686. The van der Waals surface area contributed by atoms with E-state index in [-0.39, 0.29) is 16.9 Å². The molecule has 0 aliphatic heterocycles. The van der Waals surface area contributed by atoms with Gasteiger partial charge >= 0.3 is 11.7 Å². The quantitative estimate of drug-likeness (QED) is 0.519. The Morgan fingerprint density at radius 3 is 2.92 bits per heavy atom. The molecule has 0 spiro atoms. The van der Waals surface area contributed by atoms with E-state index in [4.69, 9.17) is 12.2 Å². The summed E-state index contributed by atoms with van der Waals surface area (Å²) in [6.07, 6.45) is 0. The van der Waals surface area contributed by atoms with Gasteiger partial charge in [0.25, 0.3) is 0 Å². The minimum Gasteiger partial charge on any atom is -0.461 e.